The van der Waals surface area contributed by atoms with Gasteiger partial charge in [0.25, 0.3) is 5.88 Å². The van der Waals surface area contributed by atoms with Crippen molar-refractivity contribution in [2.75, 3.05) is 5.32 Å². The number of rotatable bonds is 7. The number of hydrogen-bond acceptors (Lipinski definition) is 9. The number of aryl methyl sites for hydroxylation is 3. The minimum Gasteiger partial charge on any atom is -0.436 e. The van der Waals surface area contributed by atoms with Gasteiger partial charge in [-0.2, -0.15) is 20.5 Å². The molecule has 3 aliphatic rings. The molecule has 3 aromatic heterocycles. The Balaban J connectivity index is 1.42. The van der Waals surface area contributed by atoms with Crippen LogP contribution in [0.1, 0.15) is 46.7 Å². The molecule has 0 amide bonds. The van der Waals surface area contributed by atoms with Gasteiger partial charge in [0.15, 0.2) is 11.2 Å². The Bertz CT molecular complexity index is 1610. The number of hydrogen-bond donors (Lipinski definition) is 1. The lowest BCUT2D eigenvalue weighted by molar-refractivity contribution is -0.0665. The van der Waals surface area contributed by atoms with E-state index in [1.165, 1.54) is 17.6 Å². The minimum atomic E-state index is -0.184. The van der Waals surface area contributed by atoms with E-state index in [0.717, 1.165) is 46.7 Å². The van der Waals surface area contributed by atoms with E-state index in [-0.39, 0.29) is 11.0 Å². The molecule has 184 valence electrons. The highest BCUT2D eigenvalue weighted by Crippen LogP contribution is 2.67. The topological polar surface area (TPSA) is 125 Å². The third kappa shape index (κ3) is 3.90. The van der Waals surface area contributed by atoms with Gasteiger partial charge < -0.3 is 14.6 Å². The van der Waals surface area contributed by atoms with Gasteiger partial charge in [0.2, 0.25) is 5.95 Å². The molecule has 10 heteroatoms. The molecule has 3 fully saturated rings. The summed E-state index contributed by atoms with van der Waals surface area (Å²) in [6, 6.07) is 10.4. The summed E-state index contributed by atoms with van der Waals surface area (Å²) in [7, 11) is 0. The number of ether oxygens (including phenoxy) is 1. The lowest BCUT2D eigenvalue weighted by Gasteiger charge is -2.66. The maximum absolute atomic E-state index is 9.43. The van der Waals surface area contributed by atoms with Gasteiger partial charge in [-0.25, -0.2) is 9.36 Å². The molecular weight excluding hydrogens is 484 g/mol. The second-order valence-corrected chi connectivity index (χ2v) is 11.0. The van der Waals surface area contributed by atoms with Crippen molar-refractivity contribution in [3.05, 3.63) is 57.9 Å². The summed E-state index contributed by atoms with van der Waals surface area (Å²) in [5, 5.41) is 21.8. The lowest BCUT2D eigenvalue weighted by Crippen LogP contribution is -2.70. The van der Waals surface area contributed by atoms with Crippen LogP contribution in [0.5, 0.6) is 11.6 Å². The largest absolute Gasteiger partial charge is 0.436 e. The minimum absolute atomic E-state index is 0.126. The van der Waals surface area contributed by atoms with Crippen molar-refractivity contribution in [2.45, 2.75) is 52.1 Å². The molecule has 3 saturated carbocycles. The number of fused-ring (bicyclic) bond motifs is 1. The monoisotopic (exact) mass is 508 g/mol. The van der Waals surface area contributed by atoms with Crippen molar-refractivity contribution in [3.63, 3.8) is 0 Å². The van der Waals surface area contributed by atoms with Crippen molar-refractivity contribution in [3.8, 4) is 23.8 Å². The maximum Gasteiger partial charge on any atom is 0.252 e. The van der Waals surface area contributed by atoms with Crippen molar-refractivity contribution in [1.82, 2.24) is 23.9 Å². The number of nitrogens with zero attached hydrogens (tertiary/aromatic N) is 7. The van der Waals surface area contributed by atoms with Crippen LogP contribution in [0.25, 0.3) is 17.2 Å². The molecule has 0 spiro atoms. The van der Waals surface area contributed by atoms with E-state index in [4.69, 9.17) is 25.0 Å². The van der Waals surface area contributed by atoms with Crippen LogP contribution in [0.15, 0.2) is 30.5 Å². The van der Waals surface area contributed by atoms with Crippen molar-refractivity contribution >= 4 is 34.7 Å². The molecule has 0 saturated heterocycles. The fraction of sp³-hybridized carbons (Fsp3) is 0.333. The predicted octanol–water partition coefficient (Wildman–Crippen LogP) is 5.44. The lowest BCUT2D eigenvalue weighted by atomic mass is 9.40. The zero-order chi connectivity index (χ0) is 25.8. The average Bonchev–Trinajstić information content (AvgIpc) is 3.45. The van der Waals surface area contributed by atoms with Crippen LogP contribution in [0, 0.1) is 48.8 Å². The van der Waals surface area contributed by atoms with Crippen molar-refractivity contribution < 1.29 is 4.74 Å². The number of aromatic nitrogens is 5. The molecule has 3 aliphatic carbocycles. The molecular formula is C27H24N8OS. The van der Waals surface area contributed by atoms with Crippen LogP contribution >= 0.6 is 11.5 Å². The normalized spacial score (nSPS) is 21.8. The van der Waals surface area contributed by atoms with Gasteiger partial charge in [-0.05, 0) is 92.5 Å². The Morgan fingerprint density at radius 2 is 1.89 bits per heavy atom. The summed E-state index contributed by atoms with van der Waals surface area (Å²) in [6.45, 7) is 6.49. The maximum atomic E-state index is 9.43. The standard InChI is InChI=1S/C27H24N8OS/c1-16-9-19(5-4-7-28)10-17(2)22(16)36-24-21-23(35(18(3)31-21)11-20-6-8-30-37-20)32-25(33-24)34-27-12-26(13-27,14-27)15-29/h4-6,8-10H,11-14H2,1-3H3,(H,32,33,34)/b5-4+. The highest BCUT2D eigenvalue weighted by atomic mass is 32.1. The molecule has 0 radical (unpaired) electrons. The smallest absolute Gasteiger partial charge is 0.252 e. The summed E-state index contributed by atoms with van der Waals surface area (Å²) >= 11 is 1.45. The molecule has 9 nitrogen and oxygen atoms in total. The van der Waals surface area contributed by atoms with E-state index in [2.05, 4.69) is 20.3 Å². The molecule has 1 N–H and O–H groups in total. The Hall–Kier alpha value is -4.28. The molecule has 1 aromatic carbocycles. The number of nitriles is 2. The number of imidazole rings is 1. The predicted molar refractivity (Wildman–Crippen MR) is 140 cm³/mol. The molecule has 0 atom stereocenters. The van der Waals surface area contributed by atoms with E-state index < -0.39 is 0 Å². The Labute approximate surface area is 218 Å². The number of anilines is 1. The van der Waals surface area contributed by atoms with Crippen LogP contribution < -0.4 is 10.1 Å². The number of allylic oxidation sites excluding steroid dienone is 1. The quantitative estimate of drug-likeness (QED) is 0.327. The number of nitrogens with one attached hydrogen (secondary N) is 1. The molecule has 7 rings (SSSR count). The fourth-order valence-electron chi connectivity index (χ4n) is 5.63. The second kappa shape index (κ2) is 8.39. The molecule has 3 heterocycles. The SMILES string of the molecule is Cc1cc(/C=C/C#N)cc(C)c1Oc1nc(NC23CC(C#N)(C2)C3)nc2c1nc(C)n2Cc1ccns1. The van der Waals surface area contributed by atoms with E-state index in [0.29, 0.717) is 35.3 Å². The van der Waals surface area contributed by atoms with Gasteiger partial charge in [0.1, 0.15) is 11.6 Å². The van der Waals surface area contributed by atoms with Crippen LogP contribution in [-0.2, 0) is 6.54 Å². The van der Waals surface area contributed by atoms with Gasteiger partial charge in [0.05, 0.1) is 24.1 Å². The Kier molecular flexibility index (Phi) is 5.25. The number of benzene rings is 1. The molecule has 4 aromatic rings. The summed E-state index contributed by atoms with van der Waals surface area (Å²) in [5.41, 5.74) is 3.74. The first kappa shape index (κ1) is 23.1. The van der Waals surface area contributed by atoms with E-state index >= 15 is 0 Å². The summed E-state index contributed by atoms with van der Waals surface area (Å²) in [6.07, 6.45) is 7.45. The Morgan fingerprint density at radius 3 is 2.54 bits per heavy atom. The van der Waals surface area contributed by atoms with Crippen LogP contribution in [0.2, 0.25) is 0 Å². The summed E-state index contributed by atoms with van der Waals surface area (Å²) in [5.74, 6) is 2.36. The van der Waals surface area contributed by atoms with Crippen LogP contribution in [0.3, 0.4) is 0 Å². The molecule has 2 bridgehead atoms. The van der Waals surface area contributed by atoms with E-state index in [1.807, 2.05) is 45.0 Å². The first-order valence-corrected chi connectivity index (χ1v) is 12.8. The fourth-order valence-corrected chi connectivity index (χ4v) is 6.19. The van der Waals surface area contributed by atoms with Crippen LogP contribution in [-0.4, -0.2) is 29.4 Å². The average molecular weight is 509 g/mol. The highest BCUT2D eigenvalue weighted by Gasteiger charge is 2.69. The van der Waals surface area contributed by atoms with Crippen LogP contribution in [0.4, 0.5) is 5.95 Å². The van der Waals surface area contributed by atoms with Gasteiger partial charge in [0, 0.05) is 22.7 Å². The van der Waals surface area contributed by atoms with E-state index in [9.17, 15) is 5.26 Å². The summed E-state index contributed by atoms with van der Waals surface area (Å²) in [4.78, 5) is 15.5. The van der Waals surface area contributed by atoms with Gasteiger partial charge >= 0.3 is 0 Å². The third-order valence-electron chi connectivity index (χ3n) is 7.23. The zero-order valence-electron chi connectivity index (χ0n) is 20.7. The second-order valence-electron chi connectivity index (χ2n) is 10.1. The van der Waals surface area contributed by atoms with Gasteiger partial charge in [-0.3, -0.25) is 0 Å². The molecule has 0 unspecified atom stereocenters. The first-order valence-electron chi connectivity index (χ1n) is 12.0. The summed E-state index contributed by atoms with van der Waals surface area (Å²) < 4.78 is 12.7. The van der Waals surface area contributed by atoms with Gasteiger partial charge in [-0.15, -0.1) is 0 Å². The van der Waals surface area contributed by atoms with Gasteiger partial charge in [-0.1, -0.05) is 0 Å². The van der Waals surface area contributed by atoms with E-state index in [1.54, 1.807) is 12.3 Å². The third-order valence-corrected chi connectivity index (χ3v) is 7.96. The van der Waals surface area contributed by atoms with Crippen molar-refractivity contribution in [1.29, 1.82) is 10.5 Å². The first-order chi connectivity index (χ1) is 17.8. The molecule has 37 heavy (non-hydrogen) atoms. The highest BCUT2D eigenvalue weighted by molar-refractivity contribution is 7.05. The molecule has 0 aliphatic heterocycles. The zero-order valence-corrected chi connectivity index (χ0v) is 21.6. The van der Waals surface area contributed by atoms with Crippen molar-refractivity contribution in [2.24, 2.45) is 5.41 Å². The Morgan fingerprint density at radius 1 is 1.14 bits per heavy atom.